The van der Waals surface area contributed by atoms with E-state index in [0.717, 1.165) is 32.6 Å². The van der Waals surface area contributed by atoms with Crippen LogP contribution in [0.4, 0.5) is 0 Å². The van der Waals surface area contributed by atoms with Gasteiger partial charge in [-0.2, -0.15) is 5.26 Å². The van der Waals surface area contributed by atoms with E-state index in [1.165, 1.54) is 6.26 Å². The second-order valence-electron chi connectivity index (χ2n) is 4.56. The molecular weight excluding hydrogens is 238 g/mol. The van der Waals surface area contributed by atoms with Crippen LogP contribution in [0.1, 0.15) is 13.3 Å². The first-order valence-corrected chi connectivity index (χ1v) is 8.06. The first-order valence-electron chi connectivity index (χ1n) is 6.00. The molecule has 0 aromatic carbocycles. The van der Waals surface area contributed by atoms with Gasteiger partial charge in [0.2, 0.25) is 0 Å². The minimum atomic E-state index is -2.87. The highest BCUT2D eigenvalue weighted by atomic mass is 32.2. The monoisotopic (exact) mass is 259 g/mol. The van der Waals surface area contributed by atoms with Gasteiger partial charge in [-0.3, -0.25) is 9.80 Å². The molecule has 1 aliphatic rings. The Labute approximate surface area is 104 Å². The van der Waals surface area contributed by atoms with Crippen LogP contribution in [-0.2, 0) is 9.84 Å². The summed E-state index contributed by atoms with van der Waals surface area (Å²) in [6.45, 7) is 6.05. The Morgan fingerprint density at radius 1 is 1.29 bits per heavy atom. The van der Waals surface area contributed by atoms with E-state index in [1.54, 1.807) is 0 Å². The summed E-state index contributed by atoms with van der Waals surface area (Å²) in [7, 11) is -2.87. The Morgan fingerprint density at radius 2 is 1.88 bits per heavy atom. The molecule has 0 aromatic rings. The molecule has 0 amide bonds. The van der Waals surface area contributed by atoms with Gasteiger partial charge in [0, 0.05) is 39.0 Å². The summed E-state index contributed by atoms with van der Waals surface area (Å²) < 4.78 is 22.1. The van der Waals surface area contributed by atoms with E-state index in [0.29, 0.717) is 6.54 Å². The summed E-state index contributed by atoms with van der Waals surface area (Å²) in [6, 6.07) is 2.31. The zero-order valence-electron chi connectivity index (χ0n) is 10.6. The highest BCUT2D eigenvalue weighted by Gasteiger charge is 2.22. The van der Waals surface area contributed by atoms with Crippen molar-refractivity contribution in [1.29, 1.82) is 5.26 Å². The maximum atomic E-state index is 11.1. The van der Waals surface area contributed by atoms with E-state index in [-0.39, 0.29) is 11.8 Å². The van der Waals surface area contributed by atoms with E-state index in [4.69, 9.17) is 5.26 Å². The van der Waals surface area contributed by atoms with Crippen molar-refractivity contribution in [2.24, 2.45) is 0 Å². The standard InChI is InChI=1S/C11H21N3O2S/c1-3-11(10-12)14-6-4-13(5-7-14)8-9-17(2,15)16/h11H,3-9H2,1-2H3. The van der Waals surface area contributed by atoms with Gasteiger partial charge in [0.15, 0.2) is 0 Å². The van der Waals surface area contributed by atoms with Crippen molar-refractivity contribution >= 4 is 9.84 Å². The van der Waals surface area contributed by atoms with Crippen molar-refractivity contribution in [3.63, 3.8) is 0 Å². The lowest BCUT2D eigenvalue weighted by atomic mass is 10.2. The van der Waals surface area contributed by atoms with Gasteiger partial charge in [0.05, 0.1) is 17.9 Å². The van der Waals surface area contributed by atoms with Crippen LogP contribution in [-0.4, -0.2) is 69.0 Å². The van der Waals surface area contributed by atoms with Crippen molar-refractivity contribution in [2.75, 3.05) is 44.7 Å². The highest BCUT2D eigenvalue weighted by molar-refractivity contribution is 7.90. The average Bonchev–Trinajstić information content (AvgIpc) is 2.29. The zero-order chi connectivity index (χ0) is 12.9. The Bertz CT molecular complexity index is 367. The molecule has 6 heteroatoms. The fraction of sp³-hybridized carbons (Fsp3) is 0.909. The molecule has 0 saturated carbocycles. The Balaban J connectivity index is 2.34. The molecular formula is C11H21N3O2S. The first kappa shape index (κ1) is 14.4. The Kier molecular flexibility index (Phi) is 5.37. The number of hydrogen-bond donors (Lipinski definition) is 0. The topological polar surface area (TPSA) is 64.4 Å². The van der Waals surface area contributed by atoms with Crippen LogP contribution >= 0.6 is 0 Å². The van der Waals surface area contributed by atoms with Crippen LogP contribution in [0, 0.1) is 11.3 Å². The molecule has 0 aromatic heterocycles. The molecule has 5 nitrogen and oxygen atoms in total. The third-order valence-corrected chi connectivity index (χ3v) is 4.09. The van der Waals surface area contributed by atoms with E-state index >= 15 is 0 Å². The summed E-state index contributed by atoms with van der Waals surface area (Å²) in [5, 5.41) is 8.97. The molecule has 1 unspecified atom stereocenters. The lowest BCUT2D eigenvalue weighted by molar-refractivity contribution is 0.117. The molecule has 17 heavy (non-hydrogen) atoms. The van der Waals surface area contributed by atoms with E-state index < -0.39 is 9.84 Å². The number of piperazine rings is 1. The number of hydrogen-bond acceptors (Lipinski definition) is 5. The summed E-state index contributed by atoms with van der Waals surface area (Å²) in [5.74, 6) is 0.225. The van der Waals surface area contributed by atoms with Gasteiger partial charge in [-0.05, 0) is 6.42 Å². The summed E-state index contributed by atoms with van der Waals surface area (Å²) in [4.78, 5) is 4.33. The quantitative estimate of drug-likeness (QED) is 0.692. The van der Waals surface area contributed by atoms with E-state index in [1.807, 2.05) is 6.92 Å². The molecule has 0 radical (unpaired) electrons. The minimum Gasteiger partial charge on any atom is -0.300 e. The molecule has 1 heterocycles. The molecule has 0 bridgehead atoms. The number of rotatable bonds is 5. The average molecular weight is 259 g/mol. The molecule has 0 N–H and O–H groups in total. The molecule has 0 spiro atoms. The largest absolute Gasteiger partial charge is 0.300 e. The van der Waals surface area contributed by atoms with Gasteiger partial charge in [-0.15, -0.1) is 0 Å². The molecule has 1 atom stereocenters. The van der Waals surface area contributed by atoms with Gasteiger partial charge in [-0.25, -0.2) is 8.42 Å². The fourth-order valence-corrected chi connectivity index (χ4v) is 2.61. The van der Waals surface area contributed by atoms with E-state index in [9.17, 15) is 8.42 Å². The SMILES string of the molecule is CCC(C#N)N1CCN(CCS(C)(=O)=O)CC1. The van der Waals surface area contributed by atoms with E-state index in [2.05, 4.69) is 15.9 Å². The normalized spacial score (nSPS) is 21.0. The molecule has 1 fully saturated rings. The van der Waals surface area contributed by atoms with Crippen molar-refractivity contribution in [3.8, 4) is 6.07 Å². The van der Waals surface area contributed by atoms with Crippen LogP contribution in [0.15, 0.2) is 0 Å². The molecule has 1 rings (SSSR count). The van der Waals surface area contributed by atoms with Crippen molar-refractivity contribution < 1.29 is 8.42 Å². The number of nitriles is 1. The second-order valence-corrected chi connectivity index (χ2v) is 6.82. The van der Waals surface area contributed by atoms with Gasteiger partial charge in [-0.1, -0.05) is 6.92 Å². The summed E-state index contributed by atoms with van der Waals surface area (Å²) >= 11 is 0. The Morgan fingerprint density at radius 3 is 2.29 bits per heavy atom. The van der Waals surface area contributed by atoms with Gasteiger partial charge in [0.1, 0.15) is 9.84 Å². The first-order chi connectivity index (χ1) is 7.96. The maximum absolute atomic E-state index is 11.1. The lowest BCUT2D eigenvalue weighted by Gasteiger charge is -2.36. The highest BCUT2D eigenvalue weighted by Crippen LogP contribution is 2.08. The van der Waals surface area contributed by atoms with Crippen molar-refractivity contribution in [3.05, 3.63) is 0 Å². The molecule has 1 saturated heterocycles. The molecule has 1 aliphatic heterocycles. The maximum Gasteiger partial charge on any atom is 0.148 e. The summed E-state index contributed by atoms with van der Waals surface area (Å²) in [5.41, 5.74) is 0. The van der Waals surface area contributed by atoms with Gasteiger partial charge in [0.25, 0.3) is 0 Å². The zero-order valence-corrected chi connectivity index (χ0v) is 11.4. The smallest absolute Gasteiger partial charge is 0.148 e. The third kappa shape index (κ3) is 5.02. The van der Waals surface area contributed by atoms with Crippen LogP contribution in [0.2, 0.25) is 0 Å². The van der Waals surface area contributed by atoms with Crippen molar-refractivity contribution in [1.82, 2.24) is 9.80 Å². The van der Waals surface area contributed by atoms with Gasteiger partial charge < -0.3 is 0 Å². The summed E-state index contributed by atoms with van der Waals surface area (Å²) in [6.07, 6.45) is 2.12. The molecule has 0 aliphatic carbocycles. The third-order valence-electron chi connectivity index (χ3n) is 3.16. The number of sulfone groups is 1. The minimum absolute atomic E-state index is 0.00653. The number of nitrogens with zero attached hydrogens (tertiary/aromatic N) is 3. The van der Waals surface area contributed by atoms with Crippen molar-refractivity contribution in [2.45, 2.75) is 19.4 Å². The predicted octanol–water partition coefficient (Wildman–Crippen LogP) is -0.0492. The van der Waals surface area contributed by atoms with Gasteiger partial charge >= 0.3 is 0 Å². The fourth-order valence-electron chi connectivity index (χ4n) is 2.02. The predicted molar refractivity (Wildman–Crippen MR) is 67.4 cm³/mol. The van der Waals surface area contributed by atoms with Crippen LogP contribution < -0.4 is 0 Å². The van der Waals surface area contributed by atoms with Crippen LogP contribution in [0.25, 0.3) is 0 Å². The van der Waals surface area contributed by atoms with Crippen LogP contribution in [0.5, 0.6) is 0 Å². The second kappa shape index (κ2) is 6.34. The Hall–Kier alpha value is -0.640. The van der Waals surface area contributed by atoms with Crippen LogP contribution in [0.3, 0.4) is 0 Å². The molecule has 98 valence electrons. The lowest BCUT2D eigenvalue weighted by Crippen LogP contribution is -2.50.